The molecule has 1 nitrogen and oxygen atoms in total. The van der Waals surface area contributed by atoms with Gasteiger partial charge in [0.2, 0.25) is 0 Å². The van der Waals surface area contributed by atoms with E-state index in [0.717, 1.165) is 5.92 Å². The summed E-state index contributed by atoms with van der Waals surface area (Å²) in [7, 11) is 0. The van der Waals surface area contributed by atoms with E-state index in [4.69, 9.17) is 5.73 Å². The minimum Gasteiger partial charge on any atom is -0.324 e. The molecule has 0 spiro atoms. The summed E-state index contributed by atoms with van der Waals surface area (Å²) in [6.07, 6.45) is 3.97. The molecule has 0 aromatic heterocycles. The predicted octanol–water partition coefficient (Wildman–Crippen LogP) is 4.28. The monoisotopic (exact) mass is 239 g/mol. The zero-order valence-corrected chi connectivity index (χ0v) is 11.0. The topological polar surface area (TPSA) is 26.0 Å². The van der Waals surface area contributed by atoms with Crippen molar-refractivity contribution in [1.82, 2.24) is 0 Å². The van der Waals surface area contributed by atoms with Crippen molar-refractivity contribution in [2.45, 2.75) is 32.2 Å². The highest BCUT2D eigenvalue weighted by atomic mass is 14.7. The summed E-state index contributed by atoms with van der Waals surface area (Å²) in [5, 5.41) is 2.60. The Hall–Kier alpha value is -1.34. The van der Waals surface area contributed by atoms with E-state index < -0.39 is 0 Å². The molecule has 2 aromatic rings. The lowest BCUT2D eigenvalue weighted by Gasteiger charge is -2.24. The third-order valence-electron chi connectivity index (χ3n) is 4.55. The number of hydrogen-bond acceptors (Lipinski definition) is 1. The molecule has 0 radical (unpaired) electrons. The Labute approximate surface area is 109 Å². The Bertz CT molecular complexity index is 546. The van der Waals surface area contributed by atoms with E-state index in [0.29, 0.717) is 5.92 Å². The van der Waals surface area contributed by atoms with Gasteiger partial charge < -0.3 is 5.73 Å². The van der Waals surface area contributed by atoms with Crippen LogP contribution >= 0.6 is 0 Å². The van der Waals surface area contributed by atoms with E-state index >= 15 is 0 Å². The highest BCUT2D eigenvalue weighted by molar-refractivity contribution is 5.83. The van der Waals surface area contributed by atoms with Gasteiger partial charge in [0.1, 0.15) is 0 Å². The molecule has 2 aromatic carbocycles. The number of rotatable bonds is 2. The molecular formula is C17H21N. The molecule has 3 rings (SSSR count). The fourth-order valence-corrected chi connectivity index (χ4v) is 3.37. The summed E-state index contributed by atoms with van der Waals surface area (Å²) in [4.78, 5) is 0. The standard InChI is InChI=1S/C17H21N/c1-12-5-4-8-16(12)17(18)15-10-9-13-6-2-3-7-14(13)11-15/h2-3,6-7,9-12,16-17H,4-5,8,18H2,1H3. The van der Waals surface area contributed by atoms with Gasteiger partial charge in [-0.15, -0.1) is 0 Å². The average molecular weight is 239 g/mol. The molecule has 18 heavy (non-hydrogen) atoms. The molecular weight excluding hydrogens is 218 g/mol. The summed E-state index contributed by atoms with van der Waals surface area (Å²) in [5.41, 5.74) is 7.78. The van der Waals surface area contributed by atoms with Crippen LogP contribution in [-0.2, 0) is 0 Å². The number of nitrogens with two attached hydrogens (primary N) is 1. The van der Waals surface area contributed by atoms with Gasteiger partial charge in [0.15, 0.2) is 0 Å². The van der Waals surface area contributed by atoms with Crippen molar-refractivity contribution in [3.8, 4) is 0 Å². The molecule has 1 aliphatic carbocycles. The molecule has 0 amide bonds. The maximum Gasteiger partial charge on any atom is 0.0326 e. The van der Waals surface area contributed by atoms with E-state index in [1.165, 1.54) is 35.6 Å². The molecule has 0 aliphatic heterocycles. The van der Waals surface area contributed by atoms with Crippen molar-refractivity contribution in [2.24, 2.45) is 17.6 Å². The minimum absolute atomic E-state index is 0.201. The zero-order chi connectivity index (χ0) is 12.5. The highest BCUT2D eigenvalue weighted by Crippen LogP contribution is 2.39. The molecule has 3 unspecified atom stereocenters. The first kappa shape index (κ1) is 11.7. The van der Waals surface area contributed by atoms with Crippen LogP contribution in [0, 0.1) is 11.8 Å². The van der Waals surface area contributed by atoms with Gasteiger partial charge >= 0.3 is 0 Å². The van der Waals surface area contributed by atoms with E-state index in [2.05, 4.69) is 49.4 Å². The first-order chi connectivity index (χ1) is 8.75. The molecule has 2 N–H and O–H groups in total. The molecule has 94 valence electrons. The fourth-order valence-electron chi connectivity index (χ4n) is 3.37. The van der Waals surface area contributed by atoms with Gasteiger partial charge in [0.05, 0.1) is 0 Å². The minimum atomic E-state index is 0.201. The molecule has 3 atom stereocenters. The van der Waals surface area contributed by atoms with Crippen LogP contribution in [0.25, 0.3) is 10.8 Å². The Kier molecular flexibility index (Phi) is 3.09. The third kappa shape index (κ3) is 2.04. The number of hydrogen-bond donors (Lipinski definition) is 1. The largest absolute Gasteiger partial charge is 0.324 e. The Morgan fingerprint density at radius 1 is 1.06 bits per heavy atom. The van der Waals surface area contributed by atoms with Crippen LogP contribution in [0.15, 0.2) is 42.5 Å². The first-order valence-corrected chi connectivity index (χ1v) is 7.00. The van der Waals surface area contributed by atoms with Gasteiger partial charge in [-0.25, -0.2) is 0 Å². The molecule has 1 fully saturated rings. The summed E-state index contributed by atoms with van der Waals surface area (Å²) >= 11 is 0. The van der Waals surface area contributed by atoms with Crippen molar-refractivity contribution in [3.05, 3.63) is 48.0 Å². The third-order valence-corrected chi connectivity index (χ3v) is 4.55. The van der Waals surface area contributed by atoms with Gasteiger partial charge in [-0.05, 0) is 40.7 Å². The number of fused-ring (bicyclic) bond motifs is 1. The maximum atomic E-state index is 6.48. The lowest BCUT2D eigenvalue weighted by atomic mass is 9.86. The van der Waals surface area contributed by atoms with Crippen molar-refractivity contribution >= 4 is 10.8 Å². The zero-order valence-electron chi connectivity index (χ0n) is 11.0. The Morgan fingerprint density at radius 2 is 1.83 bits per heavy atom. The summed E-state index contributed by atoms with van der Waals surface area (Å²) in [5.74, 6) is 1.43. The van der Waals surface area contributed by atoms with E-state index in [-0.39, 0.29) is 6.04 Å². The Morgan fingerprint density at radius 3 is 2.56 bits per heavy atom. The van der Waals surface area contributed by atoms with Crippen LogP contribution in [-0.4, -0.2) is 0 Å². The Balaban J connectivity index is 1.93. The lowest BCUT2D eigenvalue weighted by Crippen LogP contribution is -2.23. The van der Waals surface area contributed by atoms with Crippen molar-refractivity contribution in [3.63, 3.8) is 0 Å². The smallest absolute Gasteiger partial charge is 0.0326 e. The van der Waals surface area contributed by atoms with E-state index in [1.54, 1.807) is 0 Å². The van der Waals surface area contributed by atoms with Gasteiger partial charge in [-0.2, -0.15) is 0 Å². The highest BCUT2D eigenvalue weighted by Gasteiger charge is 2.29. The lowest BCUT2D eigenvalue weighted by molar-refractivity contribution is 0.351. The van der Waals surface area contributed by atoms with Crippen molar-refractivity contribution < 1.29 is 0 Å². The maximum absolute atomic E-state index is 6.48. The summed E-state index contributed by atoms with van der Waals surface area (Å²) in [6, 6.07) is 15.4. The van der Waals surface area contributed by atoms with Gasteiger partial charge in [-0.3, -0.25) is 0 Å². The molecule has 1 heteroatoms. The van der Waals surface area contributed by atoms with Crippen LogP contribution in [0.3, 0.4) is 0 Å². The summed E-state index contributed by atoms with van der Waals surface area (Å²) < 4.78 is 0. The molecule has 0 bridgehead atoms. The molecule has 0 saturated heterocycles. The molecule has 1 aliphatic rings. The van der Waals surface area contributed by atoms with Crippen LogP contribution in [0.1, 0.15) is 37.8 Å². The molecule has 1 saturated carbocycles. The molecule has 0 heterocycles. The second-order valence-electron chi connectivity index (χ2n) is 5.70. The van der Waals surface area contributed by atoms with Gasteiger partial charge in [0.25, 0.3) is 0 Å². The fraction of sp³-hybridized carbons (Fsp3) is 0.412. The van der Waals surface area contributed by atoms with Crippen LogP contribution in [0.5, 0.6) is 0 Å². The van der Waals surface area contributed by atoms with Crippen LogP contribution < -0.4 is 5.73 Å². The van der Waals surface area contributed by atoms with Gasteiger partial charge in [0, 0.05) is 6.04 Å². The first-order valence-electron chi connectivity index (χ1n) is 7.00. The van der Waals surface area contributed by atoms with Gasteiger partial charge in [-0.1, -0.05) is 56.2 Å². The second-order valence-corrected chi connectivity index (χ2v) is 5.70. The average Bonchev–Trinajstić information content (AvgIpc) is 2.83. The van der Waals surface area contributed by atoms with E-state index in [1.807, 2.05) is 0 Å². The van der Waals surface area contributed by atoms with E-state index in [9.17, 15) is 0 Å². The summed E-state index contributed by atoms with van der Waals surface area (Å²) in [6.45, 7) is 2.35. The van der Waals surface area contributed by atoms with Crippen molar-refractivity contribution in [2.75, 3.05) is 0 Å². The predicted molar refractivity (Wildman–Crippen MR) is 77.4 cm³/mol. The van der Waals surface area contributed by atoms with Crippen molar-refractivity contribution in [1.29, 1.82) is 0 Å². The van der Waals surface area contributed by atoms with Crippen LogP contribution in [0.2, 0.25) is 0 Å². The second kappa shape index (κ2) is 4.74. The quantitative estimate of drug-likeness (QED) is 0.832. The normalized spacial score (nSPS) is 25.4. The van der Waals surface area contributed by atoms with Crippen LogP contribution in [0.4, 0.5) is 0 Å². The number of benzene rings is 2. The SMILES string of the molecule is CC1CCCC1C(N)c1ccc2ccccc2c1.